The second-order valence-electron chi connectivity index (χ2n) is 6.46. The quantitative estimate of drug-likeness (QED) is 0.820. The predicted molar refractivity (Wildman–Crippen MR) is 100 cm³/mol. The van der Waals surface area contributed by atoms with Crippen LogP contribution < -0.4 is 4.90 Å². The van der Waals surface area contributed by atoms with E-state index in [4.69, 9.17) is 11.6 Å². The minimum absolute atomic E-state index is 0.0855. The number of halogens is 1. The van der Waals surface area contributed by atoms with Gasteiger partial charge in [-0.3, -0.25) is 9.59 Å². The van der Waals surface area contributed by atoms with Crippen molar-refractivity contribution in [3.8, 4) is 0 Å². The summed E-state index contributed by atoms with van der Waals surface area (Å²) >= 11 is 6.09. The topological polar surface area (TPSA) is 40.6 Å². The number of carbonyl (C=O) groups is 2. The van der Waals surface area contributed by atoms with E-state index in [1.54, 1.807) is 28.9 Å². The summed E-state index contributed by atoms with van der Waals surface area (Å²) in [4.78, 5) is 29.1. The zero-order chi connectivity index (χ0) is 18.1. The number of piperazine rings is 1. The molecule has 130 valence electrons. The van der Waals surface area contributed by atoms with E-state index in [1.807, 2.05) is 44.2 Å². The fourth-order valence-electron chi connectivity index (χ4n) is 3.20. The van der Waals surface area contributed by atoms with Crippen LogP contribution >= 0.6 is 11.6 Å². The molecule has 25 heavy (non-hydrogen) atoms. The van der Waals surface area contributed by atoms with E-state index < -0.39 is 6.04 Å². The zero-order valence-electron chi connectivity index (χ0n) is 14.6. The molecule has 1 unspecified atom stereocenters. The van der Waals surface area contributed by atoms with Crippen molar-refractivity contribution in [2.75, 3.05) is 18.0 Å². The van der Waals surface area contributed by atoms with Crippen LogP contribution in [0, 0.1) is 13.8 Å². The van der Waals surface area contributed by atoms with Crippen molar-refractivity contribution in [1.29, 1.82) is 0 Å². The number of aryl methyl sites for hydroxylation is 2. The van der Waals surface area contributed by atoms with Crippen molar-refractivity contribution in [1.82, 2.24) is 4.90 Å². The Kier molecular flexibility index (Phi) is 4.82. The lowest BCUT2D eigenvalue weighted by Crippen LogP contribution is -2.58. The maximum Gasteiger partial charge on any atom is 0.254 e. The first-order valence-electron chi connectivity index (χ1n) is 8.33. The van der Waals surface area contributed by atoms with Crippen LogP contribution in [0.2, 0.25) is 5.02 Å². The van der Waals surface area contributed by atoms with Gasteiger partial charge in [0, 0.05) is 29.4 Å². The molecular weight excluding hydrogens is 336 g/mol. The van der Waals surface area contributed by atoms with Crippen LogP contribution in [0.4, 0.5) is 5.69 Å². The van der Waals surface area contributed by atoms with Gasteiger partial charge in [0.05, 0.1) is 0 Å². The van der Waals surface area contributed by atoms with Gasteiger partial charge in [0.1, 0.15) is 6.04 Å². The molecule has 1 aliphatic rings. The number of hydrogen-bond acceptors (Lipinski definition) is 2. The zero-order valence-corrected chi connectivity index (χ0v) is 15.4. The second kappa shape index (κ2) is 6.89. The van der Waals surface area contributed by atoms with Crippen LogP contribution in [-0.2, 0) is 4.79 Å². The van der Waals surface area contributed by atoms with Crippen LogP contribution in [0.25, 0.3) is 0 Å². The monoisotopic (exact) mass is 356 g/mol. The number of carbonyl (C=O) groups excluding carboxylic acids is 2. The van der Waals surface area contributed by atoms with Gasteiger partial charge in [-0.2, -0.15) is 0 Å². The SMILES string of the molecule is Cc1cccc(C(=O)N2CCN(c3cc(Cl)ccc3C)C(=O)C2C)c1. The standard InChI is InChI=1S/C20H21ClN2O2/c1-13-5-4-6-16(11-13)20(25)22-9-10-23(19(24)15(22)3)18-12-17(21)8-7-14(18)2/h4-8,11-12,15H,9-10H2,1-3H3. The van der Waals surface area contributed by atoms with Gasteiger partial charge in [-0.05, 0) is 50.6 Å². The molecule has 1 aliphatic heterocycles. The van der Waals surface area contributed by atoms with Crippen LogP contribution in [0.5, 0.6) is 0 Å². The summed E-state index contributed by atoms with van der Waals surface area (Å²) in [5, 5.41) is 0.597. The first kappa shape index (κ1) is 17.5. The Morgan fingerprint density at radius 3 is 2.60 bits per heavy atom. The van der Waals surface area contributed by atoms with Gasteiger partial charge < -0.3 is 9.80 Å². The van der Waals surface area contributed by atoms with Crippen molar-refractivity contribution >= 4 is 29.1 Å². The number of rotatable bonds is 2. The summed E-state index contributed by atoms with van der Waals surface area (Å²) in [5.41, 5.74) is 3.44. The van der Waals surface area contributed by atoms with E-state index in [2.05, 4.69) is 0 Å². The molecule has 0 bridgehead atoms. The Bertz CT molecular complexity index is 834. The molecule has 1 atom stereocenters. The van der Waals surface area contributed by atoms with Crippen molar-refractivity contribution in [3.05, 3.63) is 64.2 Å². The molecule has 1 saturated heterocycles. The lowest BCUT2D eigenvalue weighted by atomic mass is 10.1. The van der Waals surface area contributed by atoms with E-state index in [0.29, 0.717) is 23.7 Å². The maximum atomic E-state index is 12.9. The van der Waals surface area contributed by atoms with Crippen molar-refractivity contribution in [2.45, 2.75) is 26.8 Å². The normalized spacial score (nSPS) is 17.8. The predicted octanol–water partition coefficient (Wildman–Crippen LogP) is 3.83. The Labute approximate surface area is 153 Å². The van der Waals surface area contributed by atoms with Gasteiger partial charge in [0.2, 0.25) is 5.91 Å². The summed E-state index contributed by atoms with van der Waals surface area (Å²) in [6, 6.07) is 12.5. The van der Waals surface area contributed by atoms with Crippen molar-refractivity contribution in [3.63, 3.8) is 0 Å². The number of benzene rings is 2. The molecule has 2 aromatic carbocycles. The first-order chi connectivity index (χ1) is 11.9. The molecule has 1 heterocycles. The molecule has 4 nitrogen and oxygen atoms in total. The van der Waals surface area contributed by atoms with Crippen LogP contribution in [0.15, 0.2) is 42.5 Å². The number of nitrogens with zero attached hydrogens (tertiary/aromatic N) is 2. The smallest absolute Gasteiger partial charge is 0.254 e. The van der Waals surface area contributed by atoms with Crippen molar-refractivity contribution in [2.24, 2.45) is 0 Å². The third kappa shape index (κ3) is 3.40. The van der Waals surface area contributed by atoms with Crippen LogP contribution in [0.1, 0.15) is 28.4 Å². The highest BCUT2D eigenvalue weighted by Crippen LogP contribution is 2.27. The van der Waals surface area contributed by atoms with Gasteiger partial charge in [-0.25, -0.2) is 0 Å². The van der Waals surface area contributed by atoms with Crippen LogP contribution in [-0.4, -0.2) is 35.8 Å². The minimum Gasteiger partial charge on any atom is -0.325 e. The molecule has 0 radical (unpaired) electrons. The Hall–Kier alpha value is -2.33. The molecular formula is C20H21ClN2O2. The average Bonchev–Trinajstić information content (AvgIpc) is 2.59. The molecule has 3 rings (SSSR count). The molecule has 0 spiro atoms. The Morgan fingerprint density at radius 1 is 1.12 bits per heavy atom. The van der Waals surface area contributed by atoms with E-state index in [0.717, 1.165) is 16.8 Å². The molecule has 2 aromatic rings. The molecule has 0 aromatic heterocycles. The highest BCUT2D eigenvalue weighted by Gasteiger charge is 2.35. The summed E-state index contributed by atoms with van der Waals surface area (Å²) < 4.78 is 0. The number of amides is 2. The van der Waals surface area contributed by atoms with Gasteiger partial charge in [-0.15, -0.1) is 0 Å². The summed E-state index contributed by atoms with van der Waals surface area (Å²) in [5.74, 6) is -0.190. The fourth-order valence-corrected chi connectivity index (χ4v) is 3.37. The van der Waals surface area contributed by atoms with E-state index in [-0.39, 0.29) is 11.8 Å². The highest BCUT2D eigenvalue weighted by atomic mass is 35.5. The third-order valence-electron chi connectivity index (χ3n) is 4.64. The third-order valence-corrected chi connectivity index (χ3v) is 4.88. The minimum atomic E-state index is -0.514. The van der Waals surface area contributed by atoms with Gasteiger partial charge in [0.25, 0.3) is 5.91 Å². The van der Waals surface area contributed by atoms with E-state index in [1.165, 1.54) is 0 Å². The Balaban J connectivity index is 1.84. The molecule has 2 amide bonds. The summed E-state index contributed by atoms with van der Waals surface area (Å²) in [6.07, 6.45) is 0. The van der Waals surface area contributed by atoms with Gasteiger partial charge in [-0.1, -0.05) is 35.4 Å². The molecule has 0 saturated carbocycles. The van der Waals surface area contributed by atoms with Gasteiger partial charge >= 0.3 is 0 Å². The van der Waals surface area contributed by atoms with E-state index >= 15 is 0 Å². The summed E-state index contributed by atoms with van der Waals surface area (Å²) in [6.45, 7) is 6.63. The van der Waals surface area contributed by atoms with E-state index in [9.17, 15) is 9.59 Å². The molecule has 0 N–H and O–H groups in total. The molecule has 5 heteroatoms. The fraction of sp³-hybridized carbons (Fsp3) is 0.300. The largest absolute Gasteiger partial charge is 0.325 e. The van der Waals surface area contributed by atoms with Crippen molar-refractivity contribution < 1.29 is 9.59 Å². The lowest BCUT2D eigenvalue weighted by Gasteiger charge is -2.39. The number of hydrogen-bond donors (Lipinski definition) is 0. The maximum absolute atomic E-state index is 12.9. The highest BCUT2D eigenvalue weighted by molar-refractivity contribution is 6.31. The van der Waals surface area contributed by atoms with Gasteiger partial charge in [0.15, 0.2) is 0 Å². The summed E-state index contributed by atoms with van der Waals surface area (Å²) in [7, 11) is 0. The second-order valence-corrected chi connectivity index (χ2v) is 6.90. The lowest BCUT2D eigenvalue weighted by molar-refractivity contribution is -0.124. The first-order valence-corrected chi connectivity index (χ1v) is 8.71. The molecule has 0 aliphatic carbocycles. The number of anilines is 1. The molecule has 1 fully saturated rings. The average molecular weight is 357 g/mol. The van der Waals surface area contributed by atoms with Crippen LogP contribution in [0.3, 0.4) is 0 Å². The Morgan fingerprint density at radius 2 is 1.88 bits per heavy atom.